The van der Waals surface area contributed by atoms with Crippen molar-refractivity contribution >= 4 is 11.6 Å². The Kier molecular flexibility index (Phi) is 5.10. The fourth-order valence-electron chi connectivity index (χ4n) is 3.56. The molecular weight excluding hydrogens is 288 g/mol. The highest BCUT2D eigenvalue weighted by Crippen LogP contribution is 2.61. The molecule has 1 N–H and O–H groups in total. The molecule has 0 aromatic carbocycles. The Morgan fingerprint density at radius 2 is 1.83 bits per heavy atom. The van der Waals surface area contributed by atoms with E-state index in [1.165, 1.54) is 0 Å². The molecule has 0 radical (unpaired) electrons. The molecule has 2 unspecified atom stereocenters. The van der Waals surface area contributed by atoms with Crippen molar-refractivity contribution in [1.29, 1.82) is 0 Å². The first kappa shape index (κ1) is 17.9. The predicted octanol–water partition coefficient (Wildman–Crippen LogP) is 3.78. The summed E-state index contributed by atoms with van der Waals surface area (Å²) in [6, 6.07) is 0. The highest BCUT2D eigenvalue weighted by Gasteiger charge is 2.55. The van der Waals surface area contributed by atoms with Crippen molar-refractivity contribution in [2.45, 2.75) is 60.0 Å². The number of fused-ring (bicyclic) bond motifs is 1. The van der Waals surface area contributed by atoms with Crippen LogP contribution in [0.4, 0.5) is 0 Å². The maximum absolute atomic E-state index is 12.3. The van der Waals surface area contributed by atoms with E-state index >= 15 is 0 Å². The van der Waals surface area contributed by atoms with E-state index in [9.17, 15) is 14.7 Å². The number of aliphatic hydroxyl groups excluding tert-OH is 1. The Balaban J connectivity index is 2.30. The lowest BCUT2D eigenvalue weighted by molar-refractivity contribution is -0.120. The maximum Gasteiger partial charge on any atom is 0.188 e. The minimum absolute atomic E-state index is 0.0641. The van der Waals surface area contributed by atoms with E-state index < -0.39 is 6.10 Å². The van der Waals surface area contributed by atoms with Crippen molar-refractivity contribution < 1.29 is 14.7 Å². The van der Waals surface area contributed by atoms with Crippen LogP contribution in [-0.2, 0) is 9.59 Å². The molecular formula is C20H28O3. The van der Waals surface area contributed by atoms with Gasteiger partial charge in [-0.15, -0.1) is 0 Å². The molecule has 2 rings (SSSR count). The van der Waals surface area contributed by atoms with E-state index in [0.717, 1.165) is 24.0 Å². The van der Waals surface area contributed by atoms with Gasteiger partial charge in [-0.2, -0.15) is 0 Å². The summed E-state index contributed by atoms with van der Waals surface area (Å²) in [5.41, 5.74) is 2.57. The predicted molar refractivity (Wildman–Crippen MR) is 91.9 cm³/mol. The zero-order valence-electron chi connectivity index (χ0n) is 14.8. The minimum atomic E-state index is -1.14. The Morgan fingerprint density at radius 1 is 1.17 bits per heavy atom. The fourth-order valence-corrected chi connectivity index (χ4v) is 3.56. The third kappa shape index (κ3) is 3.89. The average molecular weight is 316 g/mol. The van der Waals surface area contributed by atoms with Gasteiger partial charge < -0.3 is 5.11 Å². The van der Waals surface area contributed by atoms with Gasteiger partial charge in [0.1, 0.15) is 6.10 Å². The van der Waals surface area contributed by atoms with Crippen molar-refractivity contribution in [3.8, 4) is 0 Å². The standard InChI is InChI=1S/C20H28O3/c1-12-6-8-15-16(20(15,4)5)11-14(3)17(21)9-7-13(2)19(23)18(22)10-12/h7,10-11,15-16,19,23H,6,8-9H2,1-5H3/b12-10-,13-7-,14-11-/t15?,16-,19?/m1/s1. The van der Waals surface area contributed by atoms with Gasteiger partial charge in [0.15, 0.2) is 11.6 Å². The summed E-state index contributed by atoms with van der Waals surface area (Å²) >= 11 is 0. The van der Waals surface area contributed by atoms with Crippen molar-refractivity contribution in [3.63, 3.8) is 0 Å². The van der Waals surface area contributed by atoms with Gasteiger partial charge in [0, 0.05) is 6.42 Å². The quantitative estimate of drug-likeness (QED) is 0.692. The first-order valence-corrected chi connectivity index (χ1v) is 8.42. The highest BCUT2D eigenvalue weighted by molar-refractivity contribution is 5.97. The third-order valence-electron chi connectivity index (χ3n) is 5.56. The molecule has 1 fully saturated rings. The number of hydrogen-bond donors (Lipinski definition) is 1. The van der Waals surface area contributed by atoms with Gasteiger partial charge in [-0.05, 0) is 68.1 Å². The van der Waals surface area contributed by atoms with Crippen LogP contribution in [0.3, 0.4) is 0 Å². The smallest absolute Gasteiger partial charge is 0.188 e. The zero-order valence-corrected chi connectivity index (χ0v) is 14.8. The summed E-state index contributed by atoms with van der Waals surface area (Å²) in [7, 11) is 0. The van der Waals surface area contributed by atoms with E-state index in [0.29, 0.717) is 17.4 Å². The van der Waals surface area contributed by atoms with Gasteiger partial charge in [-0.25, -0.2) is 0 Å². The molecule has 23 heavy (non-hydrogen) atoms. The van der Waals surface area contributed by atoms with Gasteiger partial charge in [0.25, 0.3) is 0 Å². The van der Waals surface area contributed by atoms with Gasteiger partial charge in [0.05, 0.1) is 0 Å². The Labute approximate surface area is 139 Å². The SMILES string of the molecule is C/C1=C/C(=O)C(O)/C(C)=C\CC(=O)/C(C)=C\[C@@H]2C(CC1)C2(C)C. The molecule has 3 heteroatoms. The third-order valence-corrected chi connectivity index (χ3v) is 5.56. The van der Waals surface area contributed by atoms with Crippen LogP contribution < -0.4 is 0 Å². The largest absolute Gasteiger partial charge is 0.381 e. The summed E-state index contributed by atoms with van der Waals surface area (Å²) in [6.07, 6.45) is 6.31. The van der Waals surface area contributed by atoms with Crippen LogP contribution in [0.15, 0.2) is 34.9 Å². The van der Waals surface area contributed by atoms with Crippen molar-refractivity contribution in [2.24, 2.45) is 17.3 Å². The van der Waals surface area contributed by atoms with Crippen LogP contribution in [0.25, 0.3) is 0 Å². The number of rotatable bonds is 0. The molecule has 3 atom stereocenters. The lowest BCUT2D eigenvalue weighted by Gasteiger charge is -2.10. The van der Waals surface area contributed by atoms with Crippen LogP contribution in [-0.4, -0.2) is 22.8 Å². The summed E-state index contributed by atoms with van der Waals surface area (Å²) in [6.45, 7) is 10.0. The van der Waals surface area contributed by atoms with E-state index in [2.05, 4.69) is 19.9 Å². The molecule has 1 saturated carbocycles. The molecule has 0 spiro atoms. The molecule has 2 aliphatic carbocycles. The molecule has 0 amide bonds. The van der Waals surface area contributed by atoms with Gasteiger partial charge in [-0.3, -0.25) is 9.59 Å². The summed E-state index contributed by atoms with van der Waals surface area (Å²) in [5, 5.41) is 10.1. The lowest BCUT2D eigenvalue weighted by Crippen LogP contribution is -2.20. The number of aliphatic hydroxyl groups is 1. The first-order chi connectivity index (χ1) is 10.6. The van der Waals surface area contributed by atoms with Crippen LogP contribution >= 0.6 is 0 Å². The topological polar surface area (TPSA) is 54.4 Å². The summed E-state index contributed by atoms with van der Waals surface area (Å²) in [4.78, 5) is 24.4. The van der Waals surface area contributed by atoms with E-state index in [-0.39, 0.29) is 23.4 Å². The van der Waals surface area contributed by atoms with E-state index in [4.69, 9.17) is 0 Å². The molecule has 0 aliphatic heterocycles. The van der Waals surface area contributed by atoms with Crippen LogP contribution in [0.5, 0.6) is 0 Å². The van der Waals surface area contributed by atoms with E-state index in [1.54, 1.807) is 19.1 Å². The van der Waals surface area contributed by atoms with Crippen LogP contribution in [0.1, 0.15) is 53.9 Å². The first-order valence-electron chi connectivity index (χ1n) is 8.42. The van der Waals surface area contributed by atoms with Crippen LogP contribution in [0, 0.1) is 17.3 Å². The summed E-state index contributed by atoms with van der Waals surface area (Å²) < 4.78 is 0. The van der Waals surface area contributed by atoms with Crippen LogP contribution in [0.2, 0.25) is 0 Å². The molecule has 2 aliphatic rings. The zero-order chi connectivity index (χ0) is 17.4. The van der Waals surface area contributed by atoms with Gasteiger partial charge >= 0.3 is 0 Å². The fraction of sp³-hybridized carbons (Fsp3) is 0.600. The molecule has 3 nitrogen and oxygen atoms in total. The molecule has 0 aromatic heterocycles. The second-order valence-electron chi connectivity index (χ2n) is 7.71. The molecule has 0 saturated heterocycles. The Hall–Kier alpha value is -1.48. The number of ketones is 2. The normalized spacial score (nSPS) is 39.0. The van der Waals surface area contributed by atoms with Crippen molar-refractivity contribution in [1.82, 2.24) is 0 Å². The second-order valence-corrected chi connectivity index (χ2v) is 7.71. The number of carbonyl (C=O) groups is 2. The van der Waals surface area contributed by atoms with Gasteiger partial charge in [-0.1, -0.05) is 31.6 Å². The highest BCUT2D eigenvalue weighted by atomic mass is 16.3. The molecule has 126 valence electrons. The van der Waals surface area contributed by atoms with Crippen molar-refractivity contribution in [3.05, 3.63) is 34.9 Å². The molecule has 0 bridgehead atoms. The molecule has 0 heterocycles. The van der Waals surface area contributed by atoms with Crippen molar-refractivity contribution in [2.75, 3.05) is 0 Å². The second kappa shape index (κ2) is 6.56. The minimum Gasteiger partial charge on any atom is -0.381 e. The average Bonchev–Trinajstić information content (AvgIpc) is 3.00. The lowest BCUT2D eigenvalue weighted by atomic mass is 9.99. The monoisotopic (exact) mass is 316 g/mol. The van der Waals surface area contributed by atoms with E-state index in [1.807, 2.05) is 13.8 Å². The number of allylic oxidation sites excluding steroid dienone is 4. The Morgan fingerprint density at radius 3 is 2.48 bits per heavy atom. The Bertz CT molecular complexity index is 604. The molecule has 0 aromatic rings. The number of hydrogen-bond acceptors (Lipinski definition) is 3. The maximum atomic E-state index is 12.3. The summed E-state index contributed by atoms with van der Waals surface area (Å²) in [5.74, 6) is 0.760. The van der Waals surface area contributed by atoms with Gasteiger partial charge in [0.2, 0.25) is 0 Å². The number of Topliss-reactive ketones (excluding diaryl/α,β-unsaturated/α-hetero) is 1. The number of carbonyl (C=O) groups excluding carboxylic acids is 2.